The summed E-state index contributed by atoms with van der Waals surface area (Å²) in [6.45, 7) is 0.370. The molecule has 0 atom stereocenters. The standard InChI is InChI=1S/C13H12N4OS/c14-12-9(7-16-17-12)6-15-13(18)11-5-8-3-1-2-4-10(8)19-11/h1-5,7H,6H2,(H,15,18)(H3,14,16,17). The fraction of sp³-hybridized carbons (Fsp3) is 0.0769. The van der Waals surface area contributed by atoms with Gasteiger partial charge in [0.15, 0.2) is 0 Å². The lowest BCUT2D eigenvalue weighted by Gasteiger charge is -2.01. The van der Waals surface area contributed by atoms with Crippen LogP contribution in [0.15, 0.2) is 36.5 Å². The maximum absolute atomic E-state index is 12.0. The fourth-order valence-corrected chi connectivity index (χ4v) is 2.80. The predicted octanol–water partition coefficient (Wildman–Crippen LogP) is 2.14. The van der Waals surface area contributed by atoms with Crippen molar-refractivity contribution in [1.29, 1.82) is 0 Å². The number of rotatable bonds is 3. The third-order valence-electron chi connectivity index (χ3n) is 2.84. The Hall–Kier alpha value is -2.34. The molecule has 0 saturated carbocycles. The molecular weight excluding hydrogens is 260 g/mol. The number of H-pyrrole nitrogens is 1. The minimum absolute atomic E-state index is 0.0956. The molecule has 4 N–H and O–H groups in total. The Bertz CT molecular complexity index is 698. The van der Waals surface area contributed by atoms with Gasteiger partial charge in [0, 0.05) is 16.8 Å². The van der Waals surface area contributed by atoms with Gasteiger partial charge in [-0.1, -0.05) is 18.2 Å². The summed E-state index contributed by atoms with van der Waals surface area (Å²) in [6.07, 6.45) is 1.61. The van der Waals surface area contributed by atoms with Crippen molar-refractivity contribution in [3.63, 3.8) is 0 Å². The second-order valence-corrected chi connectivity index (χ2v) is 5.22. The minimum atomic E-state index is -0.0956. The third-order valence-corrected chi connectivity index (χ3v) is 3.95. The van der Waals surface area contributed by atoms with Crippen LogP contribution in [-0.2, 0) is 6.54 Å². The molecule has 0 aliphatic heterocycles. The first kappa shape index (κ1) is 11.7. The van der Waals surface area contributed by atoms with Crippen LogP contribution in [0.1, 0.15) is 15.2 Å². The molecule has 2 heterocycles. The van der Waals surface area contributed by atoms with E-state index in [0.29, 0.717) is 17.2 Å². The summed E-state index contributed by atoms with van der Waals surface area (Å²) in [6, 6.07) is 9.82. The average molecular weight is 272 g/mol. The zero-order valence-electron chi connectivity index (χ0n) is 10.0. The molecule has 96 valence electrons. The quantitative estimate of drug-likeness (QED) is 0.683. The van der Waals surface area contributed by atoms with E-state index in [1.165, 1.54) is 11.3 Å². The van der Waals surface area contributed by atoms with E-state index in [9.17, 15) is 4.79 Å². The summed E-state index contributed by atoms with van der Waals surface area (Å²) in [4.78, 5) is 12.7. The molecule has 0 aliphatic rings. The van der Waals surface area contributed by atoms with Gasteiger partial charge < -0.3 is 11.1 Å². The van der Waals surface area contributed by atoms with Gasteiger partial charge in [0.25, 0.3) is 5.91 Å². The van der Waals surface area contributed by atoms with E-state index in [0.717, 1.165) is 15.6 Å². The van der Waals surface area contributed by atoms with Gasteiger partial charge in [0.2, 0.25) is 0 Å². The smallest absolute Gasteiger partial charge is 0.261 e. The Morgan fingerprint density at radius 2 is 2.26 bits per heavy atom. The normalized spacial score (nSPS) is 10.7. The number of aromatic nitrogens is 2. The number of anilines is 1. The SMILES string of the molecule is Nc1[nH]ncc1CNC(=O)c1cc2ccccc2s1. The molecule has 0 radical (unpaired) electrons. The van der Waals surface area contributed by atoms with Crippen LogP contribution in [0.3, 0.4) is 0 Å². The first-order valence-corrected chi connectivity index (χ1v) is 6.60. The molecular formula is C13H12N4OS. The molecule has 0 fully saturated rings. The predicted molar refractivity (Wildman–Crippen MR) is 76.0 cm³/mol. The maximum atomic E-state index is 12.0. The van der Waals surface area contributed by atoms with Crippen LogP contribution in [0.2, 0.25) is 0 Å². The second kappa shape index (κ2) is 4.74. The van der Waals surface area contributed by atoms with Crippen LogP contribution in [0.4, 0.5) is 5.82 Å². The number of hydrogen-bond acceptors (Lipinski definition) is 4. The number of fused-ring (bicyclic) bond motifs is 1. The highest BCUT2D eigenvalue weighted by atomic mass is 32.1. The van der Waals surface area contributed by atoms with Crippen molar-refractivity contribution in [2.75, 3.05) is 5.73 Å². The van der Waals surface area contributed by atoms with Crippen molar-refractivity contribution in [3.8, 4) is 0 Å². The Labute approximate surface area is 113 Å². The van der Waals surface area contributed by atoms with Gasteiger partial charge in [0.1, 0.15) is 5.82 Å². The summed E-state index contributed by atoms with van der Waals surface area (Å²) in [5.41, 5.74) is 6.45. The number of thiophene rings is 1. The van der Waals surface area contributed by atoms with Crippen molar-refractivity contribution in [2.45, 2.75) is 6.54 Å². The topological polar surface area (TPSA) is 83.8 Å². The second-order valence-electron chi connectivity index (χ2n) is 4.14. The number of nitrogen functional groups attached to an aromatic ring is 1. The zero-order chi connectivity index (χ0) is 13.2. The van der Waals surface area contributed by atoms with Gasteiger partial charge in [-0.05, 0) is 17.5 Å². The van der Waals surface area contributed by atoms with Gasteiger partial charge >= 0.3 is 0 Å². The first-order chi connectivity index (χ1) is 9.24. The van der Waals surface area contributed by atoms with Crippen LogP contribution in [0.5, 0.6) is 0 Å². The summed E-state index contributed by atoms with van der Waals surface area (Å²) in [5.74, 6) is 0.387. The largest absolute Gasteiger partial charge is 0.384 e. The van der Waals surface area contributed by atoms with Gasteiger partial charge in [0.05, 0.1) is 11.1 Å². The molecule has 19 heavy (non-hydrogen) atoms. The molecule has 2 aromatic heterocycles. The van der Waals surface area contributed by atoms with Gasteiger partial charge in [-0.2, -0.15) is 5.10 Å². The molecule has 0 spiro atoms. The summed E-state index contributed by atoms with van der Waals surface area (Å²) in [7, 11) is 0. The Morgan fingerprint density at radius 3 is 3.00 bits per heavy atom. The fourth-order valence-electron chi connectivity index (χ4n) is 1.82. The highest BCUT2D eigenvalue weighted by Crippen LogP contribution is 2.25. The lowest BCUT2D eigenvalue weighted by atomic mass is 10.2. The molecule has 3 aromatic rings. The number of carbonyl (C=O) groups is 1. The number of nitrogens with one attached hydrogen (secondary N) is 2. The Morgan fingerprint density at radius 1 is 1.42 bits per heavy atom. The summed E-state index contributed by atoms with van der Waals surface area (Å²) < 4.78 is 1.11. The van der Waals surface area contributed by atoms with Crippen molar-refractivity contribution >= 4 is 33.1 Å². The highest BCUT2D eigenvalue weighted by molar-refractivity contribution is 7.20. The van der Waals surface area contributed by atoms with E-state index >= 15 is 0 Å². The van der Waals surface area contributed by atoms with Crippen LogP contribution >= 0.6 is 11.3 Å². The third kappa shape index (κ3) is 2.30. The number of benzene rings is 1. The Kier molecular flexibility index (Phi) is 2.92. The van der Waals surface area contributed by atoms with E-state index in [-0.39, 0.29) is 5.91 Å². The van der Waals surface area contributed by atoms with E-state index in [4.69, 9.17) is 5.73 Å². The monoisotopic (exact) mass is 272 g/mol. The summed E-state index contributed by atoms with van der Waals surface area (Å²) >= 11 is 1.48. The molecule has 1 aromatic carbocycles. The first-order valence-electron chi connectivity index (χ1n) is 5.78. The van der Waals surface area contributed by atoms with Crippen molar-refractivity contribution < 1.29 is 4.79 Å². The molecule has 6 heteroatoms. The van der Waals surface area contributed by atoms with E-state index < -0.39 is 0 Å². The molecule has 0 aliphatic carbocycles. The van der Waals surface area contributed by atoms with Crippen molar-refractivity contribution in [3.05, 3.63) is 47.0 Å². The number of hydrogen-bond donors (Lipinski definition) is 3. The van der Waals surface area contributed by atoms with Crippen LogP contribution in [-0.4, -0.2) is 16.1 Å². The van der Waals surface area contributed by atoms with Gasteiger partial charge in [-0.15, -0.1) is 11.3 Å². The number of nitrogens with zero attached hydrogens (tertiary/aromatic N) is 1. The van der Waals surface area contributed by atoms with Gasteiger partial charge in [-0.3, -0.25) is 9.89 Å². The average Bonchev–Trinajstić information content (AvgIpc) is 3.01. The molecule has 3 rings (SSSR count). The lowest BCUT2D eigenvalue weighted by Crippen LogP contribution is -2.22. The molecule has 5 nitrogen and oxygen atoms in total. The molecule has 0 bridgehead atoms. The summed E-state index contributed by atoms with van der Waals surface area (Å²) in [5, 5.41) is 10.4. The van der Waals surface area contributed by atoms with Crippen LogP contribution in [0, 0.1) is 0 Å². The lowest BCUT2D eigenvalue weighted by molar-refractivity contribution is 0.0955. The van der Waals surface area contributed by atoms with Crippen LogP contribution in [0.25, 0.3) is 10.1 Å². The van der Waals surface area contributed by atoms with Crippen molar-refractivity contribution in [1.82, 2.24) is 15.5 Å². The highest BCUT2D eigenvalue weighted by Gasteiger charge is 2.10. The van der Waals surface area contributed by atoms with Crippen molar-refractivity contribution in [2.24, 2.45) is 0 Å². The minimum Gasteiger partial charge on any atom is -0.384 e. The zero-order valence-corrected chi connectivity index (χ0v) is 10.8. The van der Waals surface area contributed by atoms with Gasteiger partial charge in [-0.25, -0.2) is 0 Å². The molecule has 0 unspecified atom stereocenters. The number of nitrogens with two attached hydrogens (primary N) is 1. The number of amides is 1. The van der Waals surface area contributed by atoms with E-state index in [1.54, 1.807) is 6.20 Å². The molecule has 1 amide bonds. The van der Waals surface area contributed by atoms with Crippen LogP contribution < -0.4 is 11.1 Å². The number of aromatic amines is 1. The van der Waals surface area contributed by atoms with E-state index in [1.807, 2.05) is 30.3 Å². The Balaban J connectivity index is 1.75. The van der Waals surface area contributed by atoms with E-state index in [2.05, 4.69) is 15.5 Å². The molecule has 0 saturated heterocycles. The number of carbonyl (C=O) groups excluding carboxylic acids is 1. The maximum Gasteiger partial charge on any atom is 0.261 e.